The molecule has 1 saturated heterocycles. The van der Waals surface area contributed by atoms with Crippen LogP contribution in [0.4, 0.5) is 14.5 Å². The van der Waals surface area contributed by atoms with Gasteiger partial charge in [-0.1, -0.05) is 0 Å². The molecule has 1 aliphatic heterocycles. The summed E-state index contributed by atoms with van der Waals surface area (Å²) in [6.45, 7) is 4.41. The third kappa shape index (κ3) is 4.92. The van der Waals surface area contributed by atoms with Crippen LogP contribution in [0.5, 0.6) is 0 Å². The molecule has 0 bridgehead atoms. The Bertz CT molecular complexity index is 537. The zero-order valence-corrected chi connectivity index (χ0v) is 12.4. The van der Waals surface area contributed by atoms with Gasteiger partial charge in [0.15, 0.2) is 5.78 Å². The molecule has 0 aromatic carbocycles. The molecule has 0 saturated carbocycles. The van der Waals surface area contributed by atoms with E-state index < -0.39 is 5.92 Å². The zero-order valence-electron chi connectivity index (χ0n) is 12.4. The van der Waals surface area contributed by atoms with Crippen molar-refractivity contribution < 1.29 is 13.6 Å². The number of carbonyl (C=O) groups excluding carboxylic acids is 1. The Morgan fingerprint density at radius 3 is 2.95 bits per heavy atom. The summed E-state index contributed by atoms with van der Waals surface area (Å²) in [4.78, 5) is 18.1. The Morgan fingerprint density at radius 2 is 2.29 bits per heavy atom. The molecule has 1 aromatic heterocycles. The van der Waals surface area contributed by atoms with Crippen LogP contribution in [0.3, 0.4) is 0 Å². The maximum absolute atomic E-state index is 12.7. The van der Waals surface area contributed by atoms with Crippen LogP contribution < -0.4 is 4.90 Å². The van der Waals surface area contributed by atoms with Gasteiger partial charge in [-0.15, -0.1) is 0 Å². The fourth-order valence-electron chi connectivity index (χ4n) is 2.54. The Hall–Kier alpha value is -1.78. The topological polar surface area (TPSA) is 33.2 Å². The molecule has 1 aromatic rings. The van der Waals surface area contributed by atoms with E-state index in [1.54, 1.807) is 6.20 Å². The van der Waals surface area contributed by atoms with E-state index in [1.165, 1.54) is 0 Å². The lowest BCUT2D eigenvalue weighted by Crippen LogP contribution is -2.20. The second-order valence-corrected chi connectivity index (χ2v) is 5.78. The van der Waals surface area contributed by atoms with Gasteiger partial charge in [-0.05, 0) is 43.0 Å². The molecule has 1 atom stereocenters. The first-order valence-corrected chi connectivity index (χ1v) is 7.10. The number of pyridine rings is 1. The fraction of sp³-hybridized carbons (Fsp3) is 0.500. The second-order valence-electron chi connectivity index (χ2n) is 5.78. The largest absolute Gasteiger partial charge is 0.370 e. The van der Waals surface area contributed by atoms with E-state index in [0.29, 0.717) is 12.5 Å². The smallest absolute Gasteiger partial charge is 0.264 e. The number of anilines is 1. The summed E-state index contributed by atoms with van der Waals surface area (Å²) in [5.74, 6) is -2.94. The molecule has 0 N–H and O–H groups in total. The Labute approximate surface area is 123 Å². The maximum atomic E-state index is 12.7. The fourth-order valence-corrected chi connectivity index (χ4v) is 2.54. The van der Waals surface area contributed by atoms with Crippen LogP contribution in [0.25, 0.3) is 0 Å². The first-order valence-electron chi connectivity index (χ1n) is 7.10. The van der Waals surface area contributed by atoms with E-state index in [0.717, 1.165) is 43.8 Å². The highest BCUT2D eigenvalue weighted by Gasteiger charge is 2.25. The van der Waals surface area contributed by atoms with Crippen LogP contribution in [0.15, 0.2) is 30.6 Å². The average molecular weight is 294 g/mol. The van der Waals surface area contributed by atoms with Gasteiger partial charge in [0, 0.05) is 32.6 Å². The number of hydrogen-bond acceptors (Lipinski definition) is 3. The molecule has 3 nitrogen and oxygen atoms in total. The van der Waals surface area contributed by atoms with Crippen LogP contribution >= 0.6 is 0 Å². The van der Waals surface area contributed by atoms with Crippen molar-refractivity contribution in [2.24, 2.45) is 5.92 Å². The summed E-state index contributed by atoms with van der Waals surface area (Å²) in [6, 6.07) is 2.06. The molecule has 114 valence electrons. The number of allylic oxidation sites excluding steroid dienone is 2. The van der Waals surface area contributed by atoms with Crippen LogP contribution in [0.1, 0.15) is 25.3 Å². The minimum absolute atomic E-state index is 0.216. The van der Waals surface area contributed by atoms with Crippen molar-refractivity contribution in [2.75, 3.05) is 18.0 Å². The number of hydrogen-bond donors (Lipinski definition) is 0. The monoisotopic (exact) mass is 294 g/mol. The Morgan fingerprint density at radius 1 is 1.52 bits per heavy atom. The summed E-state index contributed by atoms with van der Waals surface area (Å²) < 4.78 is 25.3. The van der Waals surface area contributed by atoms with Crippen LogP contribution in [-0.4, -0.2) is 29.8 Å². The second kappa shape index (κ2) is 6.33. The molecule has 0 aliphatic carbocycles. The lowest BCUT2D eigenvalue weighted by molar-refractivity contribution is -0.115. The summed E-state index contributed by atoms with van der Waals surface area (Å²) >= 11 is 0. The Balaban J connectivity index is 1.88. The van der Waals surface area contributed by atoms with Gasteiger partial charge in [-0.2, -0.15) is 0 Å². The average Bonchev–Trinajstić information content (AvgIpc) is 2.84. The highest BCUT2D eigenvalue weighted by Crippen LogP contribution is 2.26. The third-order valence-electron chi connectivity index (χ3n) is 3.56. The van der Waals surface area contributed by atoms with Crippen molar-refractivity contribution in [1.29, 1.82) is 0 Å². The number of nitrogens with zero attached hydrogens (tertiary/aromatic N) is 2. The SMILES string of the molecule is Cc1cncc(N2CC[C@H](CC(=O)/C=C/C(C)(F)F)C2)c1. The molecule has 2 heterocycles. The highest BCUT2D eigenvalue weighted by atomic mass is 19.3. The molecule has 0 amide bonds. The van der Waals surface area contributed by atoms with Gasteiger partial charge in [0.25, 0.3) is 5.92 Å². The minimum atomic E-state index is -2.93. The summed E-state index contributed by atoms with van der Waals surface area (Å²) in [5, 5.41) is 0. The van der Waals surface area contributed by atoms with E-state index in [9.17, 15) is 13.6 Å². The van der Waals surface area contributed by atoms with Gasteiger partial charge in [0.05, 0.1) is 11.9 Å². The van der Waals surface area contributed by atoms with E-state index in [-0.39, 0.29) is 11.7 Å². The van der Waals surface area contributed by atoms with E-state index in [1.807, 2.05) is 13.1 Å². The van der Waals surface area contributed by atoms with Gasteiger partial charge >= 0.3 is 0 Å². The molecule has 1 aliphatic rings. The number of aromatic nitrogens is 1. The summed E-state index contributed by atoms with van der Waals surface area (Å²) in [5.41, 5.74) is 2.15. The third-order valence-corrected chi connectivity index (χ3v) is 3.56. The lowest BCUT2D eigenvalue weighted by Gasteiger charge is -2.18. The predicted molar refractivity (Wildman–Crippen MR) is 78.7 cm³/mol. The van der Waals surface area contributed by atoms with E-state index in [2.05, 4.69) is 16.0 Å². The number of aryl methyl sites for hydroxylation is 1. The van der Waals surface area contributed by atoms with Crippen LogP contribution in [-0.2, 0) is 4.79 Å². The van der Waals surface area contributed by atoms with E-state index >= 15 is 0 Å². The van der Waals surface area contributed by atoms with Crippen LogP contribution in [0, 0.1) is 12.8 Å². The molecule has 0 unspecified atom stereocenters. The highest BCUT2D eigenvalue weighted by molar-refractivity contribution is 5.90. The molecule has 0 spiro atoms. The first kappa shape index (κ1) is 15.6. The van der Waals surface area contributed by atoms with Gasteiger partial charge in [-0.3, -0.25) is 9.78 Å². The van der Waals surface area contributed by atoms with Crippen molar-refractivity contribution in [2.45, 2.75) is 32.6 Å². The number of alkyl halides is 2. The standard InChI is InChI=1S/C16H20F2N2O/c1-12-7-14(10-19-9-12)20-6-4-13(11-20)8-15(21)3-5-16(2,17)18/h3,5,7,9-10,13H,4,6,8,11H2,1-2H3/b5-3+/t13-/m1/s1. The number of halogens is 2. The van der Waals surface area contributed by atoms with Crippen molar-refractivity contribution in [3.8, 4) is 0 Å². The predicted octanol–water partition coefficient (Wildman–Crippen LogP) is 3.39. The molecule has 5 heteroatoms. The summed E-state index contributed by atoms with van der Waals surface area (Å²) in [6.07, 6.45) is 6.52. The zero-order chi connectivity index (χ0) is 15.5. The molecular formula is C16H20F2N2O. The molecule has 1 fully saturated rings. The van der Waals surface area contributed by atoms with Crippen molar-refractivity contribution in [3.05, 3.63) is 36.2 Å². The first-order chi connectivity index (χ1) is 9.83. The van der Waals surface area contributed by atoms with Gasteiger partial charge in [0.2, 0.25) is 0 Å². The maximum Gasteiger partial charge on any atom is 0.264 e. The molecule has 2 rings (SSSR count). The van der Waals surface area contributed by atoms with Crippen molar-refractivity contribution in [1.82, 2.24) is 4.98 Å². The normalized spacial score (nSPS) is 19.4. The minimum Gasteiger partial charge on any atom is -0.370 e. The number of rotatable bonds is 5. The Kier molecular flexibility index (Phi) is 4.70. The molecule has 0 radical (unpaired) electrons. The lowest BCUT2D eigenvalue weighted by atomic mass is 10.0. The quantitative estimate of drug-likeness (QED) is 0.780. The molecule has 21 heavy (non-hydrogen) atoms. The molecular weight excluding hydrogens is 274 g/mol. The van der Waals surface area contributed by atoms with E-state index in [4.69, 9.17) is 0 Å². The van der Waals surface area contributed by atoms with Crippen molar-refractivity contribution in [3.63, 3.8) is 0 Å². The summed E-state index contributed by atoms with van der Waals surface area (Å²) in [7, 11) is 0. The van der Waals surface area contributed by atoms with Gasteiger partial charge in [0.1, 0.15) is 0 Å². The van der Waals surface area contributed by atoms with Gasteiger partial charge in [-0.25, -0.2) is 8.78 Å². The van der Waals surface area contributed by atoms with Crippen molar-refractivity contribution >= 4 is 11.5 Å². The van der Waals surface area contributed by atoms with Crippen LogP contribution in [0.2, 0.25) is 0 Å². The van der Waals surface area contributed by atoms with Gasteiger partial charge < -0.3 is 4.90 Å². The number of ketones is 1. The number of carbonyl (C=O) groups is 1.